The van der Waals surface area contributed by atoms with Gasteiger partial charge in [0.25, 0.3) is 0 Å². The average Bonchev–Trinajstić information content (AvgIpc) is 2.59. The second kappa shape index (κ2) is 9.30. The van der Waals surface area contributed by atoms with Crippen molar-refractivity contribution in [3.63, 3.8) is 0 Å². The third-order valence-corrected chi connectivity index (χ3v) is 4.47. The van der Waals surface area contributed by atoms with Crippen molar-refractivity contribution >= 4 is 23.7 Å². The molecule has 26 heavy (non-hydrogen) atoms. The molecule has 1 N–H and O–H groups in total. The van der Waals surface area contributed by atoms with Crippen molar-refractivity contribution in [3.05, 3.63) is 6.07 Å². The molecule has 0 aliphatic carbocycles. The first-order valence-electron chi connectivity index (χ1n) is 9.08. The number of piperidine rings is 1. The zero-order chi connectivity index (χ0) is 19.2. The Hall–Kier alpha value is -1.70. The van der Waals surface area contributed by atoms with Crippen LogP contribution in [0.25, 0.3) is 0 Å². The number of hydrogen-bond acceptors (Lipinski definition) is 7. The number of carbonyl (C=O) groups excluding carboxylic acids is 1. The van der Waals surface area contributed by atoms with Crippen LogP contribution in [0.3, 0.4) is 0 Å². The second-order valence-electron chi connectivity index (χ2n) is 7.32. The molecule has 1 atom stereocenters. The number of alkyl carbamates (subject to hydrolysis) is 1. The van der Waals surface area contributed by atoms with Crippen molar-refractivity contribution < 1.29 is 14.3 Å². The largest absolute Gasteiger partial charge is 0.478 e. The number of amides is 1. The number of ether oxygens (including phenoxy) is 2. The van der Waals surface area contributed by atoms with E-state index in [2.05, 4.69) is 20.2 Å². The summed E-state index contributed by atoms with van der Waals surface area (Å²) < 4.78 is 10.9. The molecule has 1 amide bonds. The quantitative estimate of drug-likeness (QED) is 0.597. The van der Waals surface area contributed by atoms with Crippen LogP contribution in [0.2, 0.25) is 0 Å². The van der Waals surface area contributed by atoms with Gasteiger partial charge in [0.15, 0.2) is 5.16 Å². The van der Waals surface area contributed by atoms with Crippen LogP contribution in [0, 0.1) is 5.92 Å². The Bertz CT molecular complexity index is 607. The average molecular weight is 383 g/mol. The third-order valence-electron chi connectivity index (χ3n) is 3.92. The van der Waals surface area contributed by atoms with Gasteiger partial charge in [0.05, 0.1) is 6.61 Å². The predicted molar refractivity (Wildman–Crippen MR) is 104 cm³/mol. The van der Waals surface area contributed by atoms with Crippen LogP contribution in [-0.4, -0.2) is 54.2 Å². The van der Waals surface area contributed by atoms with Crippen LogP contribution in [0.15, 0.2) is 11.2 Å². The van der Waals surface area contributed by atoms with Gasteiger partial charge in [0.1, 0.15) is 11.4 Å². The predicted octanol–water partition coefficient (Wildman–Crippen LogP) is 3.34. The Morgan fingerprint density at radius 2 is 2.19 bits per heavy atom. The van der Waals surface area contributed by atoms with Crippen LogP contribution in [-0.2, 0) is 4.74 Å². The lowest BCUT2D eigenvalue weighted by atomic mass is 9.98. The lowest BCUT2D eigenvalue weighted by Gasteiger charge is -2.34. The van der Waals surface area contributed by atoms with Crippen LogP contribution < -0.4 is 15.0 Å². The molecule has 7 nitrogen and oxygen atoms in total. The Morgan fingerprint density at radius 3 is 2.85 bits per heavy atom. The SMILES string of the molecule is CCOc1cc(N2CCC[C@H](CNC(=O)OC(C)(C)C)C2)nc(SC)n1. The molecule has 0 bridgehead atoms. The van der Waals surface area contributed by atoms with Crippen LogP contribution >= 0.6 is 11.8 Å². The topological polar surface area (TPSA) is 76.6 Å². The number of nitrogens with one attached hydrogen (secondary N) is 1. The highest BCUT2D eigenvalue weighted by atomic mass is 32.2. The fraction of sp³-hybridized carbons (Fsp3) is 0.722. The fourth-order valence-electron chi connectivity index (χ4n) is 2.85. The Balaban J connectivity index is 1.97. The first-order valence-corrected chi connectivity index (χ1v) is 10.3. The lowest BCUT2D eigenvalue weighted by Crippen LogP contribution is -2.42. The van der Waals surface area contributed by atoms with E-state index in [1.807, 2.05) is 40.0 Å². The fourth-order valence-corrected chi connectivity index (χ4v) is 3.22. The maximum Gasteiger partial charge on any atom is 0.407 e. The highest BCUT2D eigenvalue weighted by Gasteiger charge is 2.24. The number of carbonyl (C=O) groups is 1. The molecular formula is C18H30N4O3S. The van der Waals surface area contributed by atoms with E-state index in [-0.39, 0.29) is 6.09 Å². The molecule has 0 saturated carbocycles. The maximum absolute atomic E-state index is 11.9. The zero-order valence-corrected chi connectivity index (χ0v) is 17.2. The molecule has 2 rings (SSSR count). The summed E-state index contributed by atoms with van der Waals surface area (Å²) in [6.07, 6.45) is 3.73. The lowest BCUT2D eigenvalue weighted by molar-refractivity contribution is 0.0517. The van der Waals surface area contributed by atoms with Crippen LogP contribution in [0.4, 0.5) is 10.6 Å². The summed E-state index contributed by atoms with van der Waals surface area (Å²) in [6.45, 7) is 10.5. The van der Waals surface area contributed by atoms with Crippen molar-refractivity contribution in [1.29, 1.82) is 0 Å². The number of thioether (sulfide) groups is 1. The number of nitrogens with zero attached hydrogens (tertiary/aromatic N) is 3. The van der Waals surface area contributed by atoms with Gasteiger partial charge in [-0.3, -0.25) is 0 Å². The Morgan fingerprint density at radius 1 is 1.42 bits per heavy atom. The Labute approximate surface area is 160 Å². The minimum absolute atomic E-state index is 0.361. The number of rotatable bonds is 6. The summed E-state index contributed by atoms with van der Waals surface area (Å²) in [5.41, 5.74) is -0.479. The first kappa shape index (κ1) is 20.6. The van der Waals surface area contributed by atoms with Gasteiger partial charge in [-0.15, -0.1) is 0 Å². The summed E-state index contributed by atoms with van der Waals surface area (Å²) in [5, 5.41) is 3.59. The van der Waals surface area contributed by atoms with Gasteiger partial charge in [0, 0.05) is 25.7 Å². The molecule has 146 valence electrons. The van der Waals surface area contributed by atoms with Gasteiger partial charge in [-0.1, -0.05) is 11.8 Å². The third kappa shape index (κ3) is 6.55. The molecular weight excluding hydrogens is 352 g/mol. The van der Waals surface area contributed by atoms with Crippen molar-refractivity contribution in [2.24, 2.45) is 5.92 Å². The van der Waals surface area contributed by atoms with E-state index in [1.165, 1.54) is 11.8 Å². The highest BCUT2D eigenvalue weighted by molar-refractivity contribution is 7.98. The summed E-state index contributed by atoms with van der Waals surface area (Å²) in [6, 6.07) is 1.90. The molecule has 0 radical (unpaired) electrons. The standard InChI is InChI=1S/C18H30N4O3S/c1-6-24-15-10-14(20-16(21-15)26-5)22-9-7-8-13(12-22)11-19-17(23)25-18(2,3)4/h10,13H,6-9,11-12H2,1-5H3,(H,19,23)/t13-/m1/s1. The Kier molecular flexibility index (Phi) is 7.37. The molecule has 1 aliphatic rings. The maximum atomic E-state index is 11.9. The van der Waals surface area contributed by atoms with E-state index in [9.17, 15) is 4.79 Å². The van der Waals surface area contributed by atoms with E-state index < -0.39 is 5.60 Å². The molecule has 1 aromatic rings. The number of hydrogen-bond donors (Lipinski definition) is 1. The molecule has 0 unspecified atom stereocenters. The second-order valence-corrected chi connectivity index (χ2v) is 8.09. The number of aromatic nitrogens is 2. The van der Waals surface area contributed by atoms with Crippen LogP contribution in [0.1, 0.15) is 40.5 Å². The highest BCUT2D eigenvalue weighted by Crippen LogP contribution is 2.26. The van der Waals surface area contributed by atoms with Crippen molar-refractivity contribution in [1.82, 2.24) is 15.3 Å². The van der Waals surface area contributed by atoms with Gasteiger partial charge in [-0.2, -0.15) is 4.98 Å². The summed E-state index contributed by atoms with van der Waals surface area (Å²) in [7, 11) is 0. The molecule has 0 aromatic carbocycles. The normalized spacial score (nSPS) is 17.7. The van der Waals surface area contributed by atoms with E-state index in [1.54, 1.807) is 0 Å². The van der Waals surface area contributed by atoms with Gasteiger partial charge >= 0.3 is 6.09 Å². The molecule has 8 heteroatoms. The molecule has 0 spiro atoms. The van der Waals surface area contributed by atoms with E-state index >= 15 is 0 Å². The smallest absolute Gasteiger partial charge is 0.407 e. The molecule has 1 aliphatic heterocycles. The van der Waals surface area contributed by atoms with Crippen molar-refractivity contribution in [3.8, 4) is 5.88 Å². The summed E-state index contributed by atoms with van der Waals surface area (Å²) in [5.74, 6) is 1.85. The van der Waals surface area contributed by atoms with Crippen molar-refractivity contribution in [2.45, 2.75) is 51.3 Å². The van der Waals surface area contributed by atoms with Crippen molar-refractivity contribution in [2.75, 3.05) is 37.4 Å². The molecule has 1 saturated heterocycles. The van der Waals surface area contributed by atoms with Gasteiger partial charge in [-0.25, -0.2) is 9.78 Å². The van der Waals surface area contributed by atoms with E-state index in [4.69, 9.17) is 9.47 Å². The number of anilines is 1. The van der Waals surface area contributed by atoms with Gasteiger partial charge in [-0.05, 0) is 52.7 Å². The molecule has 2 heterocycles. The molecule has 1 fully saturated rings. The summed E-state index contributed by atoms with van der Waals surface area (Å²) >= 11 is 1.50. The van der Waals surface area contributed by atoms with Crippen LogP contribution in [0.5, 0.6) is 5.88 Å². The molecule has 1 aromatic heterocycles. The van der Waals surface area contributed by atoms with E-state index in [0.29, 0.717) is 30.1 Å². The summed E-state index contributed by atoms with van der Waals surface area (Å²) in [4.78, 5) is 23.1. The van der Waals surface area contributed by atoms with Gasteiger partial charge in [0.2, 0.25) is 5.88 Å². The minimum Gasteiger partial charge on any atom is -0.478 e. The zero-order valence-electron chi connectivity index (χ0n) is 16.4. The minimum atomic E-state index is -0.479. The van der Waals surface area contributed by atoms with E-state index in [0.717, 1.165) is 31.7 Å². The van der Waals surface area contributed by atoms with Gasteiger partial charge < -0.3 is 19.7 Å². The first-order chi connectivity index (χ1) is 12.3. The monoisotopic (exact) mass is 382 g/mol.